The lowest BCUT2D eigenvalue weighted by atomic mass is 9.95. The zero-order valence-corrected chi connectivity index (χ0v) is 22.9. The SMILES string of the molecule is CCCOc1ccc(C2/C(=C(\O)c3ccc(OC)cc3)C(=O)C(=O)N2c2nc3ccc(C)cc3s2)cc1OC. The van der Waals surface area contributed by atoms with E-state index >= 15 is 0 Å². The van der Waals surface area contributed by atoms with Crippen molar-refractivity contribution in [1.82, 2.24) is 4.98 Å². The highest BCUT2D eigenvalue weighted by molar-refractivity contribution is 7.22. The molecule has 1 aliphatic rings. The number of aliphatic hydroxyl groups is 1. The third kappa shape index (κ3) is 4.81. The van der Waals surface area contributed by atoms with Gasteiger partial charge in [-0.25, -0.2) is 4.98 Å². The van der Waals surface area contributed by atoms with Crippen molar-refractivity contribution in [2.75, 3.05) is 25.7 Å². The van der Waals surface area contributed by atoms with Gasteiger partial charge in [0.25, 0.3) is 5.78 Å². The van der Waals surface area contributed by atoms with Gasteiger partial charge in [0.1, 0.15) is 11.5 Å². The number of methoxy groups -OCH3 is 2. The Morgan fingerprint density at radius 3 is 2.46 bits per heavy atom. The Labute approximate surface area is 230 Å². The molecule has 1 aromatic heterocycles. The minimum Gasteiger partial charge on any atom is -0.507 e. The van der Waals surface area contributed by atoms with E-state index in [1.54, 1.807) is 49.6 Å². The summed E-state index contributed by atoms with van der Waals surface area (Å²) in [5, 5.41) is 11.8. The smallest absolute Gasteiger partial charge is 0.301 e. The van der Waals surface area contributed by atoms with Crippen LogP contribution in [0.5, 0.6) is 17.2 Å². The highest BCUT2D eigenvalue weighted by Gasteiger charge is 2.48. The molecule has 8 nitrogen and oxygen atoms in total. The van der Waals surface area contributed by atoms with Gasteiger partial charge in [0.05, 0.1) is 42.7 Å². The lowest BCUT2D eigenvalue weighted by Crippen LogP contribution is -2.29. The van der Waals surface area contributed by atoms with Gasteiger partial charge in [-0.2, -0.15) is 0 Å². The molecule has 1 atom stereocenters. The van der Waals surface area contributed by atoms with Gasteiger partial charge in [0.2, 0.25) is 0 Å². The molecule has 4 aromatic rings. The number of rotatable bonds is 8. The number of anilines is 1. The summed E-state index contributed by atoms with van der Waals surface area (Å²) >= 11 is 1.32. The van der Waals surface area contributed by atoms with Gasteiger partial charge in [0, 0.05) is 5.56 Å². The van der Waals surface area contributed by atoms with E-state index in [1.807, 2.05) is 32.0 Å². The molecule has 1 amide bonds. The molecular weight excluding hydrogens is 516 g/mol. The standard InChI is InChI=1S/C30H28N2O6S/c1-5-14-38-22-13-9-19(16-23(22)37-4)26-25(27(33)18-7-10-20(36-3)11-8-18)28(34)29(35)32(26)30-31-21-12-6-17(2)15-24(21)39-30/h6-13,15-16,26,33H,5,14H2,1-4H3/b27-25+. The lowest BCUT2D eigenvalue weighted by Gasteiger charge is -2.24. The summed E-state index contributed by atoms with van der Waals surface area (Å²) in [6.07, 6.45) is 0.823. The first-order chi connectivity index (χ1) is 18.9. The fourth-order valence-electron chi connectivity index (χ4n) is 4.56. The van der Waals surface area contributed by atoms with Crippen LogP contribution in [0.25, 0.3) is 16.0 Å². The quantitative estimate of drug-likeness (QED) is 0.164. The van der Waals surface area contributed by atoms with Gasteiger partial charge in [-0.3, -0.25) is 14.5 Å². The van der Waals surface area contributed by atoms with Crippen LogP contribution >= 0.6 is 11.3 Å². The summed E-state index contributed by atoms with van der Waals surface area (Å²) in [6, 6.07) is 16.8. The second-order valence-corrected chi connectivity index (χ2v) is 10.1. The van der Waals surface area contributed by atoms with E-state index in [0.29, 0.717) is 40.1 Å². The third-order valence-electron chi connectivity index (χ3n) is 6.51. The molecule has 1 aliphatic heterocycles. The predicted octanol–water partition coefficient (Wildman–Crippen LogP) is 6.04. The fraction of sp³-hybridized carbons (Fsp3) is 0.233. The van der Waals surface area contributed by atoms with Crippen molar-refractivity contribution < 1.29 is 28.9 Å². The summed E-state index contributed by atoms with van der Waals surface area (Å²) in [6.45, 7) is 4.50. The first-order valence-corrected chi connectivity index (χ1v) is 13.3. The van der Waals surface area contributed by atoms with Crippen molar-refractivity contribution in [3.63, 3.8) is 0 Å². The maximum Gasteiger partial charge on any atom is 0.301 e. The summed E-state index contributed by atoms with van der Waals surface area (Å²) < 4.78 is 17.5. The number of hydrogen-bond acceptors (Lipinski definition) is 8. The number of ether oxygens (including phenoxy) is 3. The first kappa shape index (κ1) is 26.2. The molecule has 1 unspecified atom stereocenters. The largest absolute Gasteiger partial charge is 0.507 e. The molecule has 9 heteroatoms. The average Bonchev–Trinajstić information content (AvgIpc) is 3.48. The number of aryl methyl sites for hydroxylation is 1. The highest BCUT2D eigenvalue weighted by atomic mass is 32.1. The molecule has 0 aliphatic carbocycles. The molecule has 0 radical (unpaired) electrons. The van der Waals surface area contributed by atoms with E-state index in [-0.39, 0.29) is 11.3 Å². The van der Waals surface area contributed by atoms with Gasteiger partial charge in [-0.1, -0.05) is 30.4 Å². The molecule has 1 N–H and O–H groups in total. The van der Waals surface area contributed by atoms with Crippen molar-refractivity contribution >= 4 is 44.1 Å². The monoisotopic (exact) mass is 544 g/mol. The molecule has 39 heavy (non-hydrogen) atoms. The average molecular weight is 545 g/mol. The van der Waals surface area contributed by atoms with Crippen molar-refractivity contribution in [2.24, 2.45) is 0 Å². The van der Waals surface area contributed by atoms with E-state index in [0.717, 1.165) is 22.2 Å². The molecule has 3 aromatic carbocycles. The number of carbonyl (C=O) groups excluding carboxylic acids is 2. The van der Waals surface area contributed by atoms with Gasteiger partial charge < -0.3 is 19.3 Å². The number of fused-ring (bicyclic) bond motifs is 1. The van der Waals surface area contributed by atoms with Gasteiger partial charge in [0.15, 0.2) is 16.6 Å². The number of carbonyl (C=O) groups is 2. The Hall–Kier alpha value is -4.37. The minimum atomic E-state index is -0.942. The number of benzene rings is 3. The Bertz CT molecular complexity index is 1590. The summed E-state index contributed by atoms with van der Waals surface area (Å²) in [5.74, 6) is -0.252. The van der Waals surface area contributed by atoms with Crippen LogP contribution in [0.2, 0.25) is 0 Å². The fourth-order valence-corrected chi connectivity index (χ4v) is 5.65. The van der Waals surface area contributed by atoms with Gasteiger partial charge >= 0.3 is 5.91 Å². The van der Waals surface area contributed by atoms with Crippen molar-refractivity contribution in [3.8, 4) is 17.2 Å². The maximum absolute atomic E-state index is 13.6. The molecule has 0 saturated carbocycles. The van der Waals surface area contributed by atoms with E-state index in [9.17, 15) is 14.7 Å². The number of aliphatic hydroxyl groups excluding tert-OH is 1. The van der Waals surface area contributed by atoms with Crippen LogP contribution < -0.4 is 19.1 Å². The van der Waals surface area contributed by atoms with Crippen molar-refractivity contribution in [2.45, 2.75) is 26.3 Å². The third-order valence-corrected chi connectivity index (χ3v) is 7.53. The molecule has 1 fully saturated rings. The van der Waals surface area contributed by atoms with Crippen LogP contribution in [0.1, 0.15) is 36.1 Å². The van der Waals surface area contributed by atoms with Crippen LogP contribution in [0.15, 0.2) is 66.2 Å². The van der Waals surface area contributed by atoms with Crippen molar-refractivity contribution in [1.29, 1.82) is 0 Å². The zero-order valence-electron chi connectivity index (χ0n) is 22.1. The minimum absolute atomic E-state index is 0.0371. The molecule has 200 valence electrons. The van der Waals surface area contributed by atoms with E-state index in [1.165, 1.54) is 23.3 Å². The number of amides is 1. The predicted molar refractivity (Wildman–Crippen MR) is 151 cm³/mol. The number of thiazole rings is 1. The summed E-state index contributed by atoms with van der Waals surface area (Å²) in [4.78, 5) is 33.1. The number of Topliss-reactive ketones (excluding diaryl/α,β-unsaturated/α-hetero) is 1. The second kappa shape index (κ2) is 10.8. The van der Waals surface area contributed by atoms with Crippen LogP contribution in [0, 0.1) is 6.92 Å². The molecular formula is C30H28N2O6S. The molecule has 5 rings (SSSR count). The number of nitrogens with zero attached hydrogens (tertiary/aromatic N) is 2. The Morgan fingerprint density at radius 1 is 1.00 bits per heavy atom. The Morgan fingerprint density at radius 2 is 1.77 bits per heavy atom. The van der Waals surface area contributed by atoms with Crippen LogP contribution in [-0.4, -0.2) is 42.6 Å². The highest BCUT2D eigenvalue weighted by Crippen LogP contribution is 2.46. The second-order valence-electron chi connectivity index (χ2n) is 9.12. The van der Waals surface area contributed by atoms with Crippen LogP contribution in [-0.2, 0) is 9.59 Å². The zero-order chi connectivity index (χ0) is 27.7. The molecule has 0 bridgehead atoms. The van der Waals surface area contributed by atoms with Crippen molar-refractivity contribution in [3.05, 3.63) is 82.9 Å². The van der Waals surface area contributed by atoms with Crippen LogP contribution in [0.3, 0.4) is 0 Å². The van der Waals surface area contributed by atoms with E-state index in [2.05, 4.69) is 4.98 Å². The van der Waals surface area contributed by atoms with E-state index < -0.39 is 17.7 Å². The summed E-state index contributed by atoms with van der Waals surface area (Å²) in [5.41, 5.74) is 2.69. The lowest BCUT2D eigenvalue weighted by molar-refractivity contribution is -0.132. The normalized spacial score (nSPS) is 16.6. The number of ketones is 1. The topological polar surface area (TPSA) is 98.2 Å². The molecule has 0 spiro atoms. The Kier molecular flexibility index (Phi) is 7.26. The summed E-state index contributed by atoms with van der Waals surface area (Å²) in [7, 11) is 3.07. The van der Waals surface area contributed by atoms with Gasteiger partial charge in [-0.05, 0) is 73.0 Å². The molecule has 2 heterocycles. The Balaban J connectivity index is 1.70. The number of aromatic nitrogens is 1. The van der Waals surface area contributed by atoms with Gasteiger partial charge in [-0.15, -0.1) is 0 Å². The number of hydrogen-bond donors (Lipinski definition) is 1. The first-order valence-electron chi connectivity index (χ1n) is 12.5. The van der Waals surface area contributed by atoms with E-state index in [4.69, 9.17) is 14.2 Å². The molecule has 1 saturated heterocycles. The van der Waals surface area contributed by atoms with Crippen LogP contribution in [0.4, 0.5) is 5.13 Å². The maximum atomic E-state index is 13.6.